The van der Waals surface area contributed by atoms with Gasteiger partial charge >= 0.3 is 5.97 Å². The normalized spacial score (nSPS) is 9.94. The minimum atomic E-state index is -0.657. The standard InChI is InChI=1S/C14H28O2.La/c1-2-3-4-5-6-7-8-9-10-11-12-13-14(15)16;/h2-13H2,1H3,(H,15,16);. The summed E-state index contributed by atoms with van der Waals surface area (Å²) in [5.74, 6) is -0.657. The summed E-state index contributed by atoms with van der Waals surface area (Å²) in [4.78, 5) is 10.3. The predicted octanol–water partition coefficient (Wildman–Crippen LogP) is 4.77. The molecule has 0 aliphatic carbocycles. The van der Waals surface area contributed by atoms with Gasteiger partial charge in [-0.3, -0.25) is 4.79 Å². The Kier molecular flexibility index (Phi) is 19.6. The Labute approximate surface area is 135 Å². The van der Waals surface area contributed by atoms with Gasteiger partial charge in [0, 0.05) is 42.0 Å². The first-order valence-corrected chi connectivity index (χ1v) is 6.99. The van der Waals surface area contributed by atoms with E-state index in [1.807, 2.05) is 0 Å². The molecule has 0 unspecified atom stereocenters. The summed E-state index contributed by atoms with van der Waals surface area (Å²) in [7, 11) is 0. The van der Waals surface area contributed by atoms with Crippen LogP contribution in [0.1, 0.15) is 84.0 Å². The van der Waals surface area contributed by atoms with Crippen molar-refractivity contribution >= 4 is 5.97 Å². The average molecular weight is 367 g/mol. The number of unbranched alkanes of at least 4 members (excludes halogenated alkanes) is 10. The van der Waals surface area contributed by atoms with E-state index in [2.05, 4.69) is 6.92 Å². The fraction of sp³-hybridized carbons (Fsp3) is 0.929. The maximum Gasteiger partial charge on any atom is 0.303 e. The molecule has 17 heavy (non-hydrogen) atoms. The minimum absolute atomic E-state index is 0. The smallest absolute Gasteiger partial charge is 0.303 e. The van der Waals surface area contributed by atoms with E-state index in [-0.39, 0.29) is 35.6 Å². The summed E-state index contributed by atoms with van der Waals surface area (Å²) in [5, 5.41) is 8.46. The average Bonchev–Trinajstić information content (AvgIpc) is 2.25. The van der Waals surface area contributed by atoms with Crippen LogP contribution in [0.3, 0.4) is 0 Å². The van der Waals surface area contributed by atoms with Crippen LogP contribution in [0.4, 0.5) is 0 Å². The van der Waals surface area contributed by atoms with Crippen molar-refractivity contribution in [2.75, 3.05) is 0 Å². The zero-order chi connectivity index (χ0) is 12.1. The van der Waals surface area contributed by atoms with Crippen molar-refractivity contribution in [3.05, 3.63) is 0 Å². The van der Waals surface area contributed by atoms with E-state index in [1.165, 1.54) is 57.8 Å². The molecule has 0 aromatic heterocycles. The second kappa shape index (κ2) is 16.7. The van der Waals surface area contributed by atoms with Gasteiger partial charge < -0.3 is 5.11 Å². The fourth-order valence-corrected chi connectivity index (χ4v) is 1.94. The van der Waals surface area contributed by atoms with E-state index in [4.69, 9.17) is 5.11 Å². The number of carboxylic acid groups (broad SMARTS) is 1. The molecule has 2 nitrogen and oxygen atoms in total. The van der Waals surface area contributed by atoms with Crippen molar-refractivity contribution < 1.29 is 45.5 Å². The molecular weight excluding hydrogens is 339 g/mol. The van der Waals surface area contributed by atoms with Gasteiger partial charge in [-0.15, -0.1) is 0 Å². The summed E-state index contributed by atoms with van der Waals surface area (Å²) in [5.41, 5.74) is 0. The topological polar surface area (TPSA) is 37.3 Å². The Morgan fingerprint density at radius 1 is 0.765 bits per heavy atom. The Bertz CT molecular complexity index is 160. The molecule has 0 saturated heterocycles. The van der Waals surface area contributed by atoms with E-state index >= 15 is 0 Å². The van der Waals surface area contributed by atoms with Gasteiger partial charge in [0.15, 0.2) is 0 Å². The van der Waals surface area contributed by atoms with Crippen LogP contribution >= 0.6 is 0 Å². The van der Waals surface area contributed by atoms with Gasteiger partial charge in [0.1, 0.15) is 0 Å². The fourth-order valence-electron chi connectivity index (χ4n) is 1.94. The molecule has 1 radical (unpaired) electrons. The van der Waals surface area contributed by atoms with Gasteiger partial charge in [-0.05, 0) is 6.42 Å². The van der Waals surface area contributed by atoms with Gasteiger partial charge in [-0.25, -0.2) is 0 Å². The quantitative estimate of drug-likeness (QED) is 0.505. The van der Waals surface area contributed by atoms with E-state index in [0.29, 0.717) is 6.42 Å². The van der Waals surface area contributed by atoms with Gasteiger partial charge in [0.05, 0.1) is 0 Å². The Hall–Kier alpha value is 0.665. The van der Waals surface area contributed by atoms with Crippen LogP contribution in [0.2, 0.25) is 0 Å². The molecule has 0 aromatic rings. The molecule has 3 heteroatoms. The van der Waals surface area contributed by atoms with Crippen LogP contribution < -0.4 is 0 Å². The van der Waals surface area contributed by atoms with Crippen LogP contribution in [-0.2, 0) is 4.79 Å². The van der Waals surface area contributed by atoms with E-state index in [0.717, 1.165) is 12.8 Å². The molecule has 0 aliphatic rings. The molecule has 0 aliphatic heterocycles. The Balaban J connectivity index is 0. The number of aliphatic carboxylic acids is 1. The van der Waals surface area contributed by atoms with Gasteiger partial charge in [0.25, 0.3) is 0 Å². The molecule has 0 aromatic carbocycles. The summed E-state index contributed by atoms with van der Waals surface area (Å²) >= 11 is 0. The third-order valence-electron chi connectivity index (χ3n) is 2.99. The van der Waals surface area contributed by atoms with Crippen LogP contribution in [0.25, 0.3) is 0 Å². The SMILES string of the molecule is CCCCCCCCCCCCCC(=O)O.[La]. The van der Waals surface area contributed by atoms with E-state index in [1.54, 1.807) is 0 Å². The van der Waals surface area contributed by atoms with Crippen molar-refractivity contribution in [1.29, 1.82) is 0 Å². The largest absolute Gasteiger partial charge is 0.481 e. The van der Waals surface area contributed by atoms with Gasteiger partial charge in [0.2, 0.25) is 0 Å². The summed E-state index contributed by atoms with van der Waals surface area (Å²) in [6.07, 6.45) is 14.4. The van der Waals surface area contributed by atoms with Crippen LogP contribution in [0.15, 0.2) is 0 Å². The minimum Gasteiger partial charge on any atom is -0.481 e. The first kappa shape index (κ1) is 20.0. The molecule has 0 fully saturated rings. The third-order valence-corrected chi connectivity index (χ3v) is 2.99. The van der Waals surface area contributed by atoms with E-state index < -0.39 is 5.97 Å². The van der Waals surface area contributed by atoms with Crippen molar-refractivity contribution in [2.45, 2.75) is 84.0 Å². The first-order chi connectivity index (χ1) is 7.77. The van der Waals surface area contributed by atoms with Gasteiger partial charge in [-0.2, -0.15) is 0 Å². The summed E-state index contributed by atoms with van der Waals surface area (Å²) < 4.78 is 0. The second-order valence-electron chi connectivity index (χ2n) is 4.68. The van der Waals surface area contributed by atoms with Crippen molar-refractivity contribution in [2.24, 2.45) is 0 Å². The molecule has 0 heterocycles. The number of carbonyl (C=O) groups is 1. The van der Waals surface area contributed by atoms with Crippen LogP contribution in [0, 0.1) is 35.6 Å². The van der Waals surface area contributed by atoms with E-state index in [9.17, 15) is 4.79 Å². The molecule has 1 N–H and O–H groups in total. The van der Waals surface area contributed by atoms with Crippen molar-refractivity contribution in [1.82, 2.24) is 0 Å². The number of carboxylic acids is 1. The predicted molar refractivity (Wildman–Crippen MR) is 68.7 cm³/mol. The zero-order valence-electron chi connectivity index (χ0n) is 11.4. The first-order valence-electron chi connectivity index (χ1n) is 6.99. The van der Waals surface area contributed by atoms with Crippen molar-refractivity contribution in [3.63, 3.8) is 0 Å². The molecule has 99 valence electrons. The van der Waals surface area contributed by atoms with Crippen molar-refractivity contribution in [3.8, 4) is 0 Å². The van der Waals surface area contributed by atoms with Gasteiger partial charge in [-0.1, -0.05) is 71.1 Å². The number of hydrogen-bond acceptors (Lipinski definition) is 1. The zero-order valence-corrected chi connectivity index (χ0v) is 15.0. The molecule has 0 saturated carbocycles. The number of hydrogen-bond donors (Lipinski definition) is 1. The molecule has 0 atom stereocenters. The summed E-state index contributed by atoms with van der Waals surface area (Å²) in [6.45, 7) is 2.25. The Morgan fingerprint density at radius 3 is 1.47 bits per heavy atom. The molecule has 0 bridgehead atoms. The molecular formula is C14H28LaO2. The summed E-state index contributed by atoms with van der Waals surface area (Å²) in [6, 6.07) is 0. The monoisotopic (exact) mass is 367 g/mol. The Morgan fingerprint density at radius 2 is 1.12 bits per heavy atom. The number of rotatable bonds is 12. The van der Waals surface area contributed by atoms with Crippen LogP contribution in [0.5, 0.6) is 0 Å². The van der Waals surface area contributed by atoms with Crippen LogP contribution in [-0.4, -0.2) is 11.1 Å². The molecule has 0 amide bonds. The maximum atomic E-state index is 10.3. The maximum absolute atomic E-state index is 10.3. The second-order valence-corrected chi connectivity index (χ2v) is 4.68. The third kappa shape index (κ3) is 19.2. The molecule has 0 rings (SSSR count). The molecule has 0 spiro atoms.